The zero-order chi connectivity index (χ0) is 20.4. The molecule has 7 heteroatoms. The van der Waals surface area contributed by atoms with Crippen molar-refractivity contribution >= 4 is 15.9 Å². The third-order valence-corrected chi connectivity index (χ3v) is 8.16. The number of fused-ring (bicyclic) bond motifs is 1. The summed E-state index contributed by atoms with van der Waals surface area (Å²) in [5.74, 6) is 0.549. The Morgan fingerprint density at radius 2 is 1.96 bits per heavy atom. The number of sulfonamides is 1. The number of para-hydroxylation sites is 1. The molecule has 0 radical (unpaired) electrons. The minimum absolute atomic E-state index is 0.0567. The number of amides is 1. The maximum atomic E-state index is 13.1. The van der Waals surface area contributed by atoms with E-state index in [-0.39, 0.29) is 35.8 Å². The van der Waals surface area contributed by atoms with Gasteiger partial charge in [0.2, 0.25) is 15.9 Å². The molecule has 0 bridgehead atoms. The fourth-order valence-electron chi connectivity index (χ4n) is 4.31. The number of carbonyl (C=O) groups excluding carboxylic acids is 1. The maximum Gasteiger partial charge on any atom is 0.224 e. The van der Waals surface area contributed by atoms with Gasteiger partial charge in [0, 0.05) is 25.1 Å². The first-order chi connectivity index (χ1) is 13.3. The summed E-state index contributed by atoms with van der Waals surface area (Å²) >= 11 is 0. The Bertz CT molecular complexity index is 804. The average molecular weight is 409 g/mol. The van der Waals surface area contributed by atoms with Gasteiger partial charge in [0.1, 0.15) is 11.4 Å². The second-order valence-corrected chi connectivity index (χ2v) is 10.2. The maximum absolute atomic E-state index is 13.1. The molecule has 0 aromatic heterocycles. The van der Waals surface area contributed by atoms with Crippen LogP contribution in [-0.2, 0) is 14.8 Å². The molecular weight excluding hydrogens is 376 g/mol. The van der Waals surface area contributed by atoms with Crippen LogP contribution in [0.3, 0.4) is 0 Å². The van der Waals surface area contributed by atoms with Crippen LogP contribution in [0, 0.1) is 5.92 Å². The highest BCUT2D eigenvalue weighted by Gasteiger charge is 2.40. The molecule has 1 aromatic carbocycles. The molecule has 2 aliphatic rings. The van der Waals surface area contributed by atoms with E-state index in [4.69, 9.17) is 4.74 Å². The summed E-state index contributed by atoms with van der Waals surface area (Å²) in [6, 6.07) is 7.76. The summed E-state index contributed by atoms with van der Waals surface area (Å²) in [4.78, 5) is 13.1. The van der Waals surface area contributed by atoms with Crippen molar-refractivity contribution in [1.82, 2.24) is 9.62 Å². The fourth-order valence-corrected chi connectivity index (χ4v) is 5.49. The van der Waals surface area contributed by atoms with Crippen LogP contribution >= 0.6 is 0 Å². The highest BCUT2D eigenvalue weighted by atomic mass is 32.2. The average Bonchev–Trinajstić information content (AvgIpc) is 2.73. The van der Waals surface area contributed by atoms with E-state index < -0.39 is 10.0 Å². The molecule has 0 saturated carbocycles. The van der Waals surface area contributed by atoms with E-state index in [9.17, 15) is 13.2 Å². The van der Waals surface area contributed by atoms with Crippen molar-refractivity contribution in [2.75, 3.05) is 18.8 Å². The van der Waals surface area contributed by atoms with E-state index in [0.29, 0.717) is 6.54 Å². The van der Waals surface area contributed by atoms with E-state index in [0.717, 1.165) is 43.4 Å². The van der Waals surface area contributed by atoms with E-state index in [2.05, 4.69) is 19.2 Å². The first-order valence-electron chi connectivity index (χ1n) is 10.4. The predicted molar refractivity (Wildman–Crippen MR) is 110 cm³/mol. The molecule has 1 aromatic rings. The zero-order valence-corrected chi connectivity index (χ0v) is 17.9. The van der Waals surface area contributed by atoms with Crippen LogP contribution in [0.4, 0.5) is 0 Å². The predicted octanol–water partition coefficient (Wildman–Crippen LogP) is 3.25. The van der Waals surface area contributed by atoms with Crippen molar-refractivity contribution in [2.24, 2.45) is 5.92 Å². The molecule has 0 spiro atoms. The first-order valence-corrected chi connectivity index (χ1v) is 12.0. The Kier molecular flexibility index (Phi) is 6.34. The zero-order valence-electron chi connectivity index (χ0n) is 17.1. The monoisotopic (exact) mass is 408 g/mol. The third kappa shape index (κ3) is 4.20. The molecule has 2 aliphatic heterocycles. The van der Waals surface area contributed by atoms with Crippen LogP contribution in [0.2, 0.25) is 0 Å². The van der Waals surface area contributed by atoms with Gasteiger partial charge in [-0.15, -0.1) is 0 Å². The Labute approximate surface area is 168 Å². The van der Waals surface area contributed by atoms with Gasteiger partial charge in [-0.25, -0.2) is 12.7 Å². The molecule has 1 amide bonds. The number of hydrogen-bond donors (Lipinski definition) is 1. The summed E-state index contributed by atoms with van der Waals surface area (Å²) in [6.45, 7) is 6.66. The third-order valence-electron chi connectivity index (χ3n) is 6.32. The Balaban J connectivity index is 1.77. The lowest BCUT2D eigenvalue weighted by Crippen LogP contribution is -2.49. The number of piperidine rings is 1. The molecule has 28 heavy (non-hydrogen) atoms. The number of hydrogen-bond acceptors (Lipinski definition) is 4. The number of rotatable bonds is 6. The number of nitrogens with one attached hydrogen (secondary N) is 1. The topological polar surface area (TPSA) is 75.7 Å². The first kappa shape index (κ1) is 21.1. The van der Waals surface area contributed by atoms with Gasteiger partial charge >= 0.3 is 0 Å². The smallest absolute Gasteiger partial charge is 0.224 e. The van der Waals surface area contributed by atoms with Crippen LogP contribution in [0.5, 0.6) is 5.75 Å². The van der Waals surface area contributed by atoms with Crippen molar-refractivity contribution < 1.29 is 17.9 Å². The van der Waals surface area contributed by atoms with E-state index >= 15 is 0 Å². The van der Waals surface area contributed by atoms with Gasteiger partial charge in [-0.05, 0) is 38.7 Å². The van der Waals surface area contributed by atoms with Crippen molar-refractivity contribution in [3.05, 3.63) is 29.8 Å². The Morgan fingerprint density at radius 1 is 1.25 bits per heavy atom. The summed E-state index contributed by atoms with van der Waals surface area (Å²) < 4.78 is 32.2. The number of carbonyl (C=O) groups is 1. The highest BCUT2D eigenvalue weighted by Crippen LogP contribution is 2.42. The number of ether oxygens (including phenoxy) is 1. The van der Waals surface area contributed by atoms with E-state index in [1.54, 1.807) is 6.92 Å². The summed E-state index contributed by atoms with van der Waals surface area (Å²) in [6.07, 6.45) is 3.91. The van der Waals surface area contributed by atoms with Crippen molar-refractivity contribution in [3.63, 3.8) is 0 Å². The fraction of sp³-hybridized carbons (Fsp3) is 0.667. The van der Waals surface area contributed by atoms with Crippen molar-refractivity contribution in [2.45, 2.75) is 64.5 Å². The second-order valence-electron chi connectivity index (χ2n) is 7.89. The molecule has 2 atom stereocenters. The van der Waals surface area contributed by atoms with Gasteiger partial charge in [-0.3, -0.25) is 4.79 Å². The van der Waals surface area contributed by atoms with Gasteiger partial charge in [0.25, 0.3) is 0 Å². The second kappa shape index (κ2) is 8.41. The van der Waals surface area contributed by atoms with Gasteiger partial charge in [0.15, 0.2) is 0 Å². The molecule has 1 saturated heterocycles. The molecule has 3 rings (SSSR count). The van der Waals surface area contributed by atoms with Gasteiger partial charge in [-0.1, -0.05) is 32.0 Å². The Hall–Kier alpha value is -1.60. The van der Waals surface area contributed by atoms with Crippen molar-refractivity contribution in [3.8, 4) is 5.75 Å². The molecule has 1 fully saturated rings. The molecule has 156 valence electrons. The Morgan fingerprint density at radius 3 is 2.64 bits per heavy atom. The number of benzene rings is 1. The molecule has 6 nitrogen and oxygen atoms in total. The summed E-state index contributed by atoms with van der Waals surface area (Å²) in [5.41, 5.74) is 0.721. The van der Waals surface area contributed by atoms with Crippen LogP contribution in [-0.4, -0.2) is 43.1 Å². The standard InChI is InChI=1S/C21H32N2O4S/c1-4-21(5-2)14-18(17-11-7-8-12-19(17)27-21)22-20(24)16-10-9-13-23(15-16)28(25,26)6-3/h7-8,11-12,16,18H,4-6,9-10,13-15H2,1-3H3,(H,22,24)/t16-,18+/m0/s1. The lowest BCUT2D eigenvalue weighted by Gasteiger charge is -2.42. The molecular formula is C21H32N2O4S. The summed E-state index contributed by atoms with van der Waals surface area (Å²) in [7, 11) is -3.26. The van der Waals surface area contributed by atoms with E-state index in [1.807, 2.05) is 24.3 Å². The molecule has 1 N–H and O–H groups in total. The van der Waals surface area contributed by atoms with Crippen molar-refractivity contribution in [1.29, 1.82) is 0 Å². The number of nitrogens with zero attached hydrogens (tertiary/aromatic N) is 1. The van der Waals surface area contributed by atoms with Gasteiger partial charge in [0.05, 0.1) is 17.7 Å². The van der Waals surface area contributed by atoms with Crippen LogP contribution in [0.25, 0.3) is 0 Å². The van der Waals surface area contributed by atoms with Gasteiger partial charge < -0.3 is 10.1 Å². The lowest BCUT2D eigenvalue weighted by molar-refractivity contribution is -0.127. The largest absolute Gasteiger partial charge is 0.487 e. The molecule has 0 unspecified atom stereocenters. The lowest BCUT2D eigenvalue weighted by atomic mass is 9.83. The minimum atomic E-state index is -3.26. The summed E-state index contributed by atoms with van der Waals surface area (Å²) in [5, 5.41) is 3.22. The van der Waals surface area contributed by atoms with Gasteiger partial charge in [-0.2, -0.15) is 0 Å². The quantitative estimate of drug-likeness (QED) is 0.784. The SMILES string of the molecule is CCC1(CC)C[C@@H](NC(=O)[C@H]2CCCN(S(=O)(=O)CC)C2)c2ccccc2O1. The van der Waals surface area contributed by atoms with Crippen LogP contribution in [0.15, 0.2) is 24.3 Å². The van der Waals surface area contributed by atoms with Crippen LogP contribution < -0.4 is 10.1 Å². The van der Waals surface area contributed by atoms with Crippen LogP contribution in [0.1, 0.15) is 64.5 Å². The highest BCUT2D eigenvalue weighted by molar-refractivity contribution is 7.89. The minimum Gasteiger partial charge on any atom is -0.487 e. The molecule has 0 aliphatic carbocycles. The van der Waals surface area contributed by atoms with E-state index in [1.165, 1.54) is 4.31 Å². The molecule has 2 heterocycles. The normalized spacial score (nSPS) is 24.8.